The standard InChI is InChI=1S/C14H14.C10H10O.C2H6/c1-2-12-8-10-14(11-9-12)13-6-4-3-5-7-13;1-2-6-10(11)9-7-4-3-5-8-9;1-2/h3-11H,2H2,1H3;2-8H,1H3;1-2H3. The average Bonchev–Trinajstić information content (AvgIpc) is 2.77. The Morgan fingerprint density at radius 2 is 1.22 bits per heavy atom. The molecule has 1 heteroatoms. The molecule has 3 aromatic rings. The molecule has 0 unspecified atom stereocenters. The van der Waals surface area contributed by atoms with Crippen molar-refractivity contribution in [2.75, 3.05) is 0 Å². The van der Waals surface area contributed by atoms with Crippen LogP contribution in [-0.2, 0) is 6.42 Å². The van der Waals surface area contributed by atoms with E-state index in [-0.39, 0.29) is 5.78 Å². The van der Waals surface area contributed by atoms with E-state index in [0.29, 0.717) is 0 Å². The first-order valence-electron chi connectivity index (χ1n) is 9.61. The highest BCUT2D eigenvalue weighted by atomic mass is 16.1. The van der Waals surface area contributed by atoms with Crippen LogP contribution in [0, 0.1) is 0 Å². The fourth-order valence-electron chi connectivity index (χ4n) is 2.41. The first kappa shape index (κ1) is 22.1. The van der Waals surface area contributed by atoms with Crippen molar-refractivity contribution in [3.05, 3.63) is 108 Å². The zero-order valence-electron chi connectivity index (χ0n) is 16.9. The summed E-state index contributed by atoms with van der Waals surface area (Å²) in [5, 5.41) is 0. The third-order valence-corrected chi connectivity index (χ3v) is 3.85. The zero-order valence-corrected chi connectivity index (χ0v) is 16.9. The number of hydrogen-bond donors (Lipinski definition) is 0. The number of carbonyl (C=O) groups is 1. The topological polar surface area (TPSA) is 17.1 Å². The van der Waals surface area contributed by atoms with E-state index in [4.69, 9.17) is 0 Å². The molecule has 27 heavy (non-hydrogen) atoms. The van der Waals surface area contributed by atoms with E-state index < -0.39 is 0 Å². The Morgan fingerprint density at radius 3 is 1.70 bits per heavy atom. The molecule has 0 atom stereocenters. The minimum Gasteiger partial charge on any atom is -0.289 e. The quantitative estimate of drug-likeness (QED) is 0.351. The zero-order chi connectivity index (χ0) is 19.9. The smallest absolute Gasteiger partial charge is 0.185 e. The molecule has 0 aliphatic rings. The van der Waals surface area contributed by atoms with E-state index in [9.17, 15) is 4.79 Å². The van der Waals surface area contributed by atoms with Gasteiger partial charge in [-0.2, -0.15) is 0 Å². The summed E-state index contributed by atoms with van der Waals surface area (Å²) in [6, 6.07) is 28.5. The third kappa shape index (κ3) is 7.87. The van der Waals surface area contributed by atoms with Gasteiger partial charge >= 0.3 is 0 Å². The van der Waals surface area contributed by atoms with Crippen LogP contribution in [0.4, 0.5) is 0 Å². The molecule has 0 heterocycles. The molecule has 0 spiro atoms. The van der Waals surface area contributed by atoms with Crippen molar-refractivity contribution >= 4 is 5.78 Å². The lowest BCUT2D eigenvalue weighted by atomic mass is 10.0. The van der Waals surface area contributed by atoms with Gasteiger partial charge in [-0.3, -0.25) is 4.79 Å². The van der Waals surface area contributed by atoms with Crippen molar-refractivity contribution in [1.29, 1.82) is 0 Å². The summed E-state index contributed by atoms with van der Waals surface area (Å²) < 4.78 is 0. The maximum atomic E-state index is 11.2. The summed E-state index contributed by atoms with van der Waals surface area (Å²) in [5.74, 6) is 0.0631. The van der Waals surface area contributed by atoms with Crippen molar-refractivity contribution in [2.45, 2.75) is 34.1 Å². The first-order chi connectivity index (χ1) is 13.2. The van der Waals surface area contributed by atoms with Gasteiger partial charge in [0.1, 0.15) is 0 Å². The maximum absolute atomic E-state index is 11.2. The number of aryl methyl sites for hydroxylation is 1. The molecule has 1 nitrogen and oxygen atoms in total. The van der Waals surface area contributed by atoms with E-state index in [1.807, 2.05) is 57.2 Å². The number of allylic oxidation sites excluding steroid dienone is 2. The molecular weight excluding hydrogens is 328 g/mol. The fourth-order valence-corrected chi connectivity index (χ4v) is 2.41. The molecule has 0 saturated carbocycles. The van der Waals surface area contributed by atoms with Crippen molar-refractivity contribution in [3.8, 4) is 11.1 Å². The van der Waals surface area contributed by atoms with E-state index in [2.05, 4.69) is 55.5 Å². The van der Waals surface area contributed by atoms with E-state index in [1.165, 1.54) is 16.7 Å². The van der Waals surface area contributed by atoms with Gasteiger partial charge in [0.2, 0.25) is 0 Å². The lowest BCUT2D eigenvalue weighted by Gasteiger charge is -2.02. The van der Waals surface area contributed by atoms with E-state index >= 15 is 0 Å². The molecule has 140 valence electrons. The van der Waals surface area contributed by atoms with Crippen LogP contribution in [0.5, 0.6) is 0 Å². The molecule has 0 fully saturated rings. The van der Waals surface area contributed by atoms with Crippen molar-refractivity contribution < 1.29 is 4.79 Å². The molecule has 0 radical (unpaired) electrons. The van der Waals surface area contributed by atoms with Gasteiger partial charge in [-0.05, 0) is 36.1 Å². The van der Waals surface area contributed by atoms with Crippen molar-refractivity contribution in [3.63, 3.8) is 0 Å². The van der Waals surface area contributed by atoms with E-state index in [1.54, 1.807) is 12.2 Å². The first-order valence-corrected chi connectivity index (χ1v) is 9.61. The molecule has 0 aromatic heterocycles. The Balaban J connectivity index is 0.000000254. The largest absolute Gasteiger partial charge is 0.289 e. The van der Waals surface area contributed by atoms with Gasteiger partial charge in [0.25, 0.3) is 0 Å². The van der Waals surface area contributed by atoms with Crippen LogP contribution in [0.3, 0.4) is 0 Å². The SMILES string of the molecule is CC.CC=CC(=O)c1ccccc1.CCc1ccc(-c2ccccc2)cc1. The molecule has 0 saturated heterocycles. The Labute approximate surface area is 164 Å². The molecule has 0 aliphatic carbocycles. The second kappa shape index (κ2) is 13.3. The van der Waals surface area contributed by atoms with Crippen LogP contribution in [0.1, 0.15) is 43.6 Å². The third-order valence-electron chi connectivity index (χ3n) is 3.85. The number of ketones is 1. The fraction of sp³-hybridized carbons (Fsp3) is 0.192. The van der Waals surface area contributed by atoms with E-state index in [0.717, 1.165) is 12.0 Å². The predicted molar refractivity (Wildman–Crippen MR) is 118 cm³/mol. The van der Waals surface area contributed by atoms with Gasteiger partial charge in [-0.1, -0.05) is 112 Å². The molecule has 0 amide bonds. The van der Waals surface area contributed by atoms with Crippen LogP contribution < -0.4 is 0 Å². The number of rotatable bonds is 4. The summed E-state index contributed by atoms with van der Waals surface area (Å²) in [7, 11) is 0. The highest BCUT2D eigenvalue weighted by molar-refractivity contribution is 6.04. The van der Waals surface area contributed by atoms with Gasteiger partial charge in [0.15, 0.2) is 5.78 Å². The lowest BCUT2D eigenvalue weighted by Crippen LogP contribution is -1.91. The highest BCUT2D eigenvalue weighted by Crippen LogP contribution is 2.19. The average molecular weight is 359 g/mol. The number of hydrogen-bond acceptors (Lipinski definition) is 1. The predicted octanol–water partition coefficient (Wildman–Crippen LogP) is 7.39. The molecule has 0 aliphatic heterocycles. The van der Waals surface area contributed by atoms with Gasteiger partial charge < -0.3 is 0 Å². The molecule has 3 aromatic carbocycles. The van der Waals surface area contributed by atoms with Crippen molar-refractivity contribution in [1.82, 2.24) is 0 Å². The van der Waals surface area contributed by atoms with Gasteiger partial charge in [0.05, 0.1) is 0 Å². The summed E-state index contributed by atoms with van der Waals surface area (Å²) in [5.41, 5.74) is 4.72. The minimum absolute atomic E-state index is 0.0631. The lowest BCUT2D eigenvalue weighted by molar-refractivity contribution is 0.104. The molecule has 0 N–H and O–H groups in total. The monoisotopic (exact) mass is 358 g/mol. The number of benzene rings is 3. The van der Waals surface area contributed by atoms with Crippen LogP contribution in [0.15, 0.2) is 97.1 Å². The van der Waals surface area contributed by atoms with Gasteiger partial charge in [-0.25, -0.2) is 0 Å². The van der Waals surface area contributed by atoms with Gasteiger partial charge in [-0.15, -0.1) is 0 Å². The molecule has 0 bridgehead atoms. The van der Waals surface area contributed by atoms with Crippen LogP contribution >= 0.6 is 0 Å². The highest BCUT2D eigenvalue weighted by Gasteiger charge is 1.97. The van der Waals surface area contributed by atoms with Crippen LogP contribution in [0.25, 0.3) is 11.1 Å². The number of carbonyl (C=O) groups excluding carboxylic acids is 1. The second-order valence-electron chi connectivity index (χ2n) is 5.65. The Morgan fingerprint density at radius 1 is 0.741 bits per heavy atom. The Hall–Kier alpha value is -2.93. The van der Waals surface area contributed by atoms with Crippen molar-refractivity contribution in [2.24, 2.45) is 0 Å². The van der Waals surface area contributed by atoms with Gasteiger partial charge in [0, 0.05) is 5.56 Å². The minimum atomic E-state index is 0.0631. The summed E-state index contributed by atoms with van der Waals surface area (Å²) in [4.78, 5) is 11.2. The van der Waals surface area contributed by atoms with Crippen LogP contribution in [0.2, 0.25) is 0 Å². The maximum Gasteiger partial charge on any atom is 0.185 e. The normalized spacial score (nSPS) is 9.63. The summed E-state index contributed by atoms with van der Waals surface area (Å²) >= 11 is 0. The summed E-state index contributed by atoms with van der Waals surface area (Å²) in [6.45, 7) is 8.01. The molecule has 3 rings (SSSR count). The summed E-state index contributed by atoms with van der Waals surface area (Å²) in [6.07, 6.45) is 4.42. The van der Waals surface area contributed by atoms with Crippen LogP contribution in [-0.4, -0.2) is 5.78 Å². The Kier molecular flexibility index (Phi) is 10.9. The second-order valence-corrected chi connectivity index (χ2v) is 5.65. The Bertz CT molecular complexity index is 785. The molecular formula is C26H30O.